The fraction of sp³-hybridized carbons (Fsp3) is 0.556. The molecule has 1 atom stereocenters. The summed E-state index contributed by atoms with van der Waals surface area (Å²) >= 11 is 0. The number of hydrogen-bond donors (Lipinski definition) is 0. The Bertz CT molecular complexity index is 526. The minimum absolute atomic E-state index is 0. The maximum absolute atomic E-state index is 12.3. The molecule has 1 aromatic carbocycles. The molecule has 136 valence electrons. The number of unbranched alkanes of at least 4 members (excludes halogenated alkanes) is 1. The number of hydrogen-bond acceptors (Lipinski definition) is 5. The minimum Gasteiger partial charge on any atom is -0.461 e. The van der Waals surface area contributed by atoms with E-state index in [-0.39, 0.29) is 20.3 Å². The molecule has 0 aliphatic rings. The number of nitrogens with zero attached hydrogens (tertiary/aromatic N) is 1. The van der Waals surface area contributed by atoms with Crippen LogP contribution in [-0.2, 0) is 14.3 Å². The van der Waals surface area contributed by atoms with Crippen molar-refractivity contribution in [3.05, 3.63) is 35.4 Å². The van der Waals surface area contributed by atoms with Gasteiger partial charge in [-0.2, -0.15) is 0 Å². The Kier molecular flexibility index (Phi) is 9.84. The first-order valence-corrected chi connectivity index (χ1v) is 8.03. The van der Waals surface area contributed by atoms with Gasteiger partial charge in [-0.1, -0.05) is 39.9 Å². The lowest BCUT2D eigenvalue weighted by Gasteiger charge is -2.20. The lowest BCUT2D eigenvalue weighted by atomic mass is 9.98. The molecule has 0 aromatic heterocycles. The monoisotopic (exact) mass is 337 g/mol. The van der Waals surface area contributed by atoms with E-state index in [2.05, 4.69) is 6.92 Å². The van der Waals surface area contributed by atoms with Crippen LogP contribution in [0.1, 0.15) is 55.1 Å². The van der Waals surface area contributed by atoms with Gasteiger partial charge in [-0.25, -0.2) is 6.13 Å². The Balaban J connectivity index is 0.00000277. The molecule has 0 radical (unpaired) electrons. The van der Waals surface area contributed by atoms with E-state index in [9.17, 15) is 9.59 Å². The summed E-state index contributed by atoms with van der Waals surface area (Å²) in [6.07, 6.45) is 2.19. The van der Waals surface area contributed by atoms with E-state index in [1.54, 1.807) is 12.1 Å². The van der Waals surface area contributed by atoms with Crippen LogP contribution in [0.25, 0.3) is 0 Å². The summed E-state index contributed by atoms with van der Waals surface area (Å²) in [7, 11) is 3.84. The molecule has 0 N–H and O–H groups in total. The van der Waals surface area contributed by atoms with Crippen LogP contribution in [0.2, 0.25) is 0 Å². The Morgan fingerprint density at radius 2 is 1.96 bits per heavy atom. The fourth-order valence-electron chi connectivity index (χ4n) is 2.23. The molecule has 0 bridgehead atoms. The van der Waals surface area contributed by atoms with Crippen LogP contribution in [0.5, 0.6) is 0 Å². The maximum Gasteiger partial charge on any atom is 0.338 e. The normalized spacial score (nSPS) is 11.8. The third-order valence-electron chi connectivity index (χ3n) is 3.43. The Labute approximate surface area is 148 Å². The van der Waals surface area contributed by atoms with Gasteiger partial charge in [-0.15, -0.1) is 0 Å². The molecule has 0 spiro atoms. The van der Waals surface area contributed by atoms with Gasteiger partial charge in [0.2, 0.25) is 0 Å². The molecule has 5 nitrogen and oxygen atoms in total. The quantitative estimate of drug-likeness (QED) is 0.508. The second-order valence-corrected chi connectivity index (χ2v) is 5.77. The van der Waals surface area contributed by atoms with E-state index < -0.39 is 6.10 Å². The molecular formula is C18H31BNO4-. The van der Waals surface area contributed by atoms with Gasteiger partial charge in [0.15, 0.2) is 0 Å². The van der Waals surface area contributed by atoms with Crippen molar-refractivity contribution in [2.24, 2.45) is 0 Å². The van der Waals surface area contributed by atoms with Crippen molar-refractivity contribution < 1.29 is 19.1 Å². The van der Waals surface area contributed by atoms with Crippen molar-refractivity contribution in [2.75, 3.05) is 27.2 Å². The molecule has 0 aliphatic heterocycles. The van der Waals surface area contributed by atoms with Crippen LogP contribution in [-0.4, -0.2) is 53.8 Å². The average Bonchev–Trinajstić information content (AvgIpc) is 2.59. The standard InChI is InChI=1S/C18H27NO4.BH4/c1-5-6-11-17(23-14(2)20)15-9-7-8-10-16(15)18(21)22-13-12-19(3)4;/h7-10,17H,5-6,11-13H2,1-4H3;1H4/q;-1/i;1D. The summed E-state index contributed by atoms with van der Waals surface area (Å²) < 4.78 is 16.7. The fourth-order valence-corrected chi connectivity index (χ4v) is 2.23. The lowest BCUT2D eigenvalue weighted by molar-refractivity contribution is -0.147. The van der Waals surface area contributed by atoms with Crippen LogP contribution in [0.15, 0.2) is 24.3 Å². The first kappa shape index (κ1) is 20.2. The van der Waals surface area contributed by atoms with Gasteiger partial charge in [0.05, 0.1) is 5.56 Å². The van der Waals surface area contributed by atoms with Crippen molar-refractivity contribution in [3.8, 4) is 0 Å². The van der Waals surface area contributed by atoms with Crippen molar-refractivity contribution in [2.45, 2.75) is 39.2 Å². The highest BCUT2D eigenvalue weighted by atomic mass is 16.5. The van der Waals surface area contributed by atoms with E-state index >= 15 is 0 Å². The van der Waals surface area contributed by atoms with Crippen LogP contribution >= 0.6 is 0 Å². The van der Waals surface area contributed by atoms with Crippen molar-refractivity contribution in [3.63, 3.8) is 0 Å². The topological polar surface area (TPSA) is 55.8 Å². The summed E-state index contributed by atoms with van der Waals surface area (Å²) in [4.78, 5) is 25.7. The third kappa shape index (κ3) is 7.64. The summed E-state index contributed by atoms with van der Waals surface area (Å²) in [6.45, 7) is 4.45. The maximum atomic E-state index is 12.3. The van der Waals surface area contributed by atoms with Crippen molar-refractivity contribution in [1.29, 1.82) is 1.34 Å². The second kappa shape index (κ2) is 11.7. The number of ether oxygens (including phenoxy) is 2. The van der Waals surface area contributed by atoms with Crippen LogP contribution < -0.4 is 0 Å². The molecule has 6 heteroatoms. The summed E-state index contributed by atoms with van der Waals surface area (Å²) in [5, 5.41) is 0. The molecule has 1 unspecified atom stereocenters. The predicted molar refractivity (Wildman–Crippen MR) is 101 cm³/mol. The Hall–Kier alpha value is -1.82. The molecule has 0 heterocycles. The number of carbonyl (C=O) groups excluding carboxylic acids is 2. The number of rotatable bonds is 9. The van der Waals surface area contributed by atoms with Gasteiger partial charge >= 0.3 is 11.9 Å². The number of benzene rings is 1. The lowest BCUT2D eigenvalue weighted by Crippen LogP contribution is -2.21. The molecule has 0 saturated carbocycles. The SMILES string of the molecule is CCCCC(OC(C)=O)c1ccccc1C(=O)OCCN(C)C.[2H][BH3-]. The largest absolute Gasteiger partial charge is 0.461 e. The Morgan fingerprint density at radius 3 is 2.54 bits per heavy atom. The highest BCUT2D eigenvalue weighted by Gasteiger charge is 2.22. The number of likely N-dealkylation sites (N-methyl/N-ethyl adjacent to an activating group) is 1. The highest BCUT2D eigenvalue weighted by Crippen LogP contribution is 2.27. The van der Waals surface area contributed by atoms with Gasteiger partial charge < -0.3 is 14.4 Å². The molecular weight excluding hydrogens is 305 g/mol. The summed E-state index contributed by atoms with van der Waals surface area (Å²) in [5.41, 5.74) is 1.18. The van der Waals surface area contributed by atoms with Crippen molar-refractivity contribution >= 4 is 20.3 Å². The molecule has 1 aromatic rings. The van der Waals surface area contributed by atoms with Gasteiger partial charge in [-0.3, -0.25) is 4.79 Å². The third-order valence-corrected chi connectivity index (χ3v) is 3.43. The number of carbonyl (C=O) groups is 2. The van der Waals surface area contributed by atoms with Gasteiger partial charge in [0.25, 0.3) is 0 Å². The van der Waals surface area contributed by atoms with E-state index in [0.29, 0.717) is 30.7 Å². The van der Waals surface area contributed by atoms with Gasteiger partial charge in [0, 0.05) is 19.0 Å². The first-order chi connectivity index (χ1) is 12.0. The van der Waals surface area contributed by atoms with Crippen molar-refractivity contribution in [1.82, 2.24) is 4.90 Å². The zero-order valence-corrected chi connectivity index (χ0v) is 14.5. The molecule has 0 aliphatic carbocycles. The first-order valence-electron chi connectivity index (χ1n) is 8.03. The summed E-state index contributed by atoms with van der Waals surface area (Å²) in [5.74, 6) is -0.724. The molecule has 1 rings (SSSR count). The second-order valence-electron chi connectivity index (χ2n) is 5.77. The van der Waals surface area contributed by atoms with E-state index in [4.69, 9.17) is 10.8 Å². The van der Waals surface area contributed by atoms with E-state index in [1.807, 2.05) is 31.1 Å². The zero-order chi connectivity index (χ0) is 19.2. The predicted octanol–water partition coefficient (Wildman–Crippen LogP) is 1.75. The summed E-state index contributed by atoms with van der Waals surface area (Å²) in [6, 6.07) is 7.17. The molecule has 0 amide bonds. The van der Waals surface area contributed by atoms with E-state index in [1.165, 1.54) is 6.92 Å². The van der Waals surface area contributed by atoms with Gasteiger partial charge in [0.1, 0.15) is 12.7 Å². The zero-order valence-electron chi connectivity index (χ0n) is 15.5. The molecule has 0 saturated heterocycles. The smallest absolute Gasteiger partial charge is 0.338 e. The molecule has 24 heavy (non-hydrogen) atoms. The van der Waals surface area contributed by atoms with Crippen LogP contribution in [0.4, 0.5) is 0 Å². The Morgan fingerprint density at radius 1 is 1.29 bits per heavy atom. The van der Waals surface area contributed by atoms with Crippen LogP contribution in [0, 0.1) is 0 Å². The van der Waals surface area contributed by atoms with Gasteiger partial charge in [-0.05, 0) is 33.0 Å². The van der Waals surface area contributed by atoms with Crippen LogP contribution in [0.3, 0.4) is 0 Å². The highest BCUT2D eigenvalue weighted by molar-refractivity contribution is 5.91. The van der Waals surface area contributed by atoms with E-state index in [0.717, 1.165) is 12.8 Å². The number of esters is 2. The molecule has 0 fully saturated rings. The minimum atomic E-state index is -0.412. The average molecular weight is 337 g/mol.